The minimum absolute atomic E-state index is 0.0686. The molecular weight excluding hydrogens is 204 g/mol. The minimum atomic E-state index is 0.0686. The van der Waals surface area contributed by atoms with Gasteiger partial charge in [0.25, 0.3) is 0 Å². The number of nitrogens with one attached hydrogen (secondary N) is 1. The van der Waals surface area contributed by atoms with Crippen molar-refractivity contribution in [1.29, 1.82) is 0 Å². The first kappa shape index (κ1) is 11.9. The predicted octanol–water partition coefficient (Wildman–Crippen LogP) is 0.622. The van der Waals surface area contributed by atoms with E-state index in [4.69, 9.17) is 4.74 Å². The van der Waals surface area contributed by atoms with Gasteiger partial charge in [-0.3, -0.25) is 4.79 Å². The van der Waals surface area contributed by atoms with E-state index in [1.807, 2.05) is 4.90 Å². The summed E-state index contributed by atoms with van der Waals surface area (Å²) in [5, 5.41) is 3.41. The number of morpholine rings is 1. The van der Waals surface area contributed by atoms with Crippen LogP contribution in [0, 0.1) is 5.41 Å². The lowest BCUT2D eigenvalue weighted by molar-refractivity contribution is -0.132. The molecule has 2 saturated heterocycles. The average Bonchev–Trinajstić information content (AvgIpc) is 2.58. The zero-order valence-corrected chi connectivity index (χ0v) is 10.5. The van der Waals surface area contributed by atoms with Crippen molar-refractivity contribution < 1.29 is 9.53 Å². The molecule has 0 aliphatic carbocycles. The van der Waals surface area contributed by atoms with Crippen LogP contribution in [0.4, 0.5) is 0 Å². The van der Waals surface area contributed by atoms with Crippen LogP contribution in [0.2, 0.25) is 0 Å². The summed E-state index contributed by atoms with van der Waals surface area (Å²) in [5.41, 5.74) is 0.0686. The summed E-state index contributed by atoms with van der Waals surface area (Å²) in [4.78, 5) is 14.0. The molecule has 2 heterocycles. The van der Waals surface area contributed by atoms with Crippen molar-refractivity contribution in [3.05, 3.63) is 0 Å². The van der Waals surface area contributed by atoms with Gasteiger partial charge in [-0.25, -0.2) is 0 Å². The SMILES string of the molecule is CC(C)(C)CC(=O)N1CC2NCCOC2C1. The van der Waals surface area contributed by atoms with Gasteiger partial charge in [0, 0.05) is 26.1 Å². The van der Waals surface area contributed by atoms with Crippen LogP contribution in [0.5, 0.6) is 0 Å². The number of hydrogen-bond donors (Lipinski definition) is 1. The fourth-order valence-corrected chi connectivity index (χ4v) is 2.36. The van der Waals surface area contributed by atoms with Gasteiger partial charge >= 0.3 is 0 Å². The molecular formula is C12H22N2O2. The number of fused-ring (bicyclic) bond motifs is 1. The van der Waals surface area contributed by atoms with E-state index in [1.165, 1.54) is 0 Å². The highest BCUT2D eigenvalue weighted by Gasteiger charge is 2.37. The molecule has 0 bridgehead atoms. The van der Waals surface area contributed by atoms with Gasteiger partial charge in [-0.05, 0) is 5.41 Å². The van der Waals surface area contributed by atoms with Crippen LogP contribution in [-0.2, 0) is 9.53 Å². The second-order valence-electron chi connectivity index (χ2n) is 6.01. The van der Waals surface area contributed by atoms with E-state index in [-0.39, 0.29) is 17.4 Å². The number of amides is 1. The first-order valence-corrected chi connectivity index (χ1v) is 6.08. The molecule has 2 rings (SSSR count). The summed E-state index contributed by atoms with van der Waals surface area (Å²) in [6.07, 6.45) is 0.824. The normalized spacial score (nSPS) is 30.3. The van der Waals surface area contributed by atoms with Gasteiger partial charge in [0.05, 0.1) is 18.8 Å². The smallest absolute Gasteiger partial charge is 0.223 e. The Bertz CT molecular complexity index is 259. The summed E-state index contributed by atoms with van der Waals surface area (Å²) in [5.74, 6) is 0.257. The number of carbonyl (C=O) groups excluding carboxylic acids is 1. The quantitative estimate of drug-likeness (QED) is 0.713. The second-order valence-corrected chi connectivity index (χ2v) is 6.01. The highest BCUT2D eigenvalue weighted by atomic mass is 16.5. The maximum atomic E-state index is 12.0. The van der Waals surface area contributed by atoms with Gasteiger partial charge in [-0.15, -0.1) is 0 Å². The Morgan fingerprint density at radius 3 is 2.81 bits per heavy atom. The fraction of sp³-hybridized carbons (Fsp3) is 0.917. The summed E-state index contributed by atoms with van der Waals surface area (Å²) in [6.45, 7) is 9.53. The van der Waals surface area contributed by atoms with E-state index < -0.39 is 0 Å². The highest BCUT2D eigenvalue weighted by Crippen LogP contribution is 2.23. The molecule has 0 radical (unpaired) electrons. The lowest BCUT2D eigenvalue weighted by Gasteiger charge is -2.25. The Morgan fingerprint density at radius 1 is 1.44 bits per heavy atom. The Balaban J connectivity index is 1.90. The molecule has 2 unspecified atom stereocenters. The first-order chi connectivity index (χ1) is 7.46. The van der Waals surface area contributed by atoms with Crippen LogP contribution >= 0.6 is 0 Å². The third-order valence-corrected chi connectivity index (χ3v) is 3.14. The number of ether oxygens (including phenoxy) is 1. The summed E-state index contributed by atoms with van der Waals surface area (Å²) < 4.78 is 5.66. The van der Waals surface area contributed by atoms with Crippen molar-refractivity contribution in [2.45, 2.75) is 39.3 Å². The van der Waals surface area contributed by atoms with E-state index in [1.54, 1.807) is 0 Å². The molecule has 4 nitrogen and oxygen atoms in total. The molecule has 16 heavy (non-hydrogen) atoms. The summed E-state index contributed by atoms with van der Waals surface area (Å²) >= 11 is 0. The van der Waals surface area contributed by atoms with Gasteiger partial charge in [-0.2, -0.15) is 0 Å². The summed E-state index contributed by atoms with van der Waals surface area (Å²) in [6, 6.07) is 0.345. The molecule has 1 N–H and O–H groups in total. The van der Waals surface area contributed by atoms with Crippen LogP contribution in [0.1, 0.15) is 27.2 Å². The Hall–Kier alpha value is -0.610. The molecule has 0 aromatic carbocycles. The monoisotopic (exact) mass is 226 g/mol. The maximum absolute atomic E-state index is 12.0. The Labute approximate surface area is 97.3 Å². The number of hydrogen-bond acceptors (Lipinski definition) is 3. The van der Waals surface area contributed by atoms with Crippen molar-refractivity contribution in [3.63, 3.8) is 0 Å². The number of rotatable bonds is 1. The van der Waals surface area contributed by atoms with Gasteiger partial charge in [0.15, 0.2) is 0 Å². The predicted molar refractivity (Wildman–Crippen MR) is 62.2 cm³/mol. The van der Waals surface area contributed by atoms with Crippen LogP contribution < -0.4 is 5.32 Å². The van der Waals surface area contributed by atoms with Crippen molar-refractivity contribution >= 4 is 5.91 Å². The molecule has 2 fully saturated rings. The van der Waals surface area contributed by atoms with Crippen molar-refractivity contribution in [1.82, 2.24) is 10.2 Å². The third-order valence-electron chi connectivity index (χ3n) is 3.14. The highest BCUT2D eigenvalue weighted by molar-refractivity contribution is 5.77. The minimum Gasteiger partial charge on any atom is -0.373 e. The van der Waals surface area contributed by atoms with Crippen molar-refractivity contribution in [2.75, 3.05) is 26.2 Å². The van der Waals surface area contributed by atoms with Crippen LogP contribution in [-0.4, -0.2) is 49.2 Å². The van der Waals surface area contributed by atoms with Crippen molar-refractivity contribution in [2.24, 2.45) is 5.41 Å². The lowest BCUT2D eigenvalue weighted by Crippen LogP contribution is -2.47. The fourth-order valence-electron chi connectivity index (χ4n) is 2.36. The molecule has 2 aliphatic heterocycles. The lowest BCUT2D eigenvalue weighted by atomic mass is 9.92. The number of carbonyl (C=O) groups is 1. The Morgan fingerprint density at radius 2 is 2.19 bits per heavy atom. The van der Waals surface area contributed by atoms with Gasteiger partial charge < -0.3 is 15.0 Å². The molecule has 2 aliphatic rings. The van der Waals surface area contributed by atoms with Gasteiger partial charge in [0.1, 0.15) is 0 Å². The molecule has 2 atom stereocenters. The van der Waals surface area contributed by atoms with Gasteiger partial charge in [0.2, 0.25) is 5.91 Å². The van der Waals surface area contributed by atoms with Gasteiger partial charge in [-0.1, -0.05) is 20.8 Å². The van der Waals surface area contributed by atoms with E-state index in [9.17, 15) is 4.79 Å². The molecule has 0 spiro atoms. The van der Waals surface area contributed by atoms with Crippen LogP contribution in [0.15, 0.2) is 0 Å². The molecule has 1 amide bonds. The van der Waals surface area contributed by atoms with Crippen LogP contribution in [0.25, 0.3) is 0 Å². The topological polar surface area (TPSA) is 41.6 Å². The van der Waals surface area contributed by atoms with E-state index in [2.05, 4.69) is 26.1 Å². The van der Waals surface area contributed by atoms with Crippen molar-refractivity contribution in [3.8, 4) is 0 Å². The van der Waals surface area contributed by atoms with E-state index in [0.29, 0.717) is 12.5 Å². The zero-order valence-electron chi connectivity index (χ0n) is 10.5. The second kappa shape index (κ2) is 4.34. The molecule has 4 heteroatoms. The first-order valence-electron chi connectivity index (χ1n) is 6.08. The maximum Gasteiger partial charge on any atom is 0.223 e. The standard InChI is InChI=1S/C12H22N2O2/c1-12(2,3)6-11(15)14-7-9-10(8-14)16-5-4-13-9/h9-10,13H,4-8H2,1-3H3. The molecule has 92 valence electrons. The van der Waals surface area contributed by atoms with E-state index >= 15 is 0 Å². The summed E-state index contributed by atoms with van der Waals surface area (Å²) in [7, 11) is 0. The Kier molecular flexibility index (Phi) is 3.22. The largest absolute Gasteiger partial charge is 0.373 e. The number of nitrogens with zero attached hydrogens (tertiary/aromatic N) is 1. The number of likely N-dealkylation sites (tertiary alicyclic amines) is 1. The molecule has 0 aromatic heterocycles. The molecule has 0 saturated carbocycles. The van der Waals surface area contributed by atoms with Crippen LogP contribution in [0.3, 0.4) is 0 Å². The van der Waals surface area contributed by atoms with E-state index in [0.717, 1.165) is 26.2 Å². The zero-order chi connectivity index (χ0) is 11.8. The third kappa shape index (κ3) is 2.74. The average molecular weight is 226 g/mol. The molecule has 0 aromatic rings.